The first-order chi connectivity index (χ1) is 14.1. The molecule has 3 aromatic carbocycles. The van der Waals surface area contributed by atoms with Gasteiger partial charge in [0, 0.05) is 18.2 Å². The van der Waals surface area contributed by atoms with Crippen molar-refractivity contribution in [2.75, 3.05) is 6.61 Å². The number of ether oxygens (including phenoxy) is 2. The van der Waals surface area contributed by atoms with E-state index >= 15 is 0 Å². The molecule has 152 valence electrons. The van der Waals surface area contributed by atoms with Crippen LogP contribution in [0.5, 0.6) is 11.5 Å². The lowest BCUT2D eigenvalue weighted by atomic mass is 10.1. The van der Waals surface area contributed by atoms with Gasteiger partial charge < -0.3 is 14.8 Å². The highest BCUT2D eigenvalue weighted by molar-refractivity contribution is 6.31. The fourth-order valence-corrected chi connectivity index (χ4v) is 3.22. The average Bonchev–Trinajstić information content (AvgIpc) is 2.73. The molecular weight excluding hydrogens is 389 g/mol. The van der Waals surface area contributed by atoms with Gasteiger partial charge in [-0.15, -0.1) is 0 Å². The highest BCUT2D eigenvalue weighted by Crippen LogP contribution is 2.31. The fourth-order valence-electron chi connectivity index (χ4n) is 3.00. The maximum atomic E-state index is 14.0. The van der Waals surface area contributed by atoms with Crippen molar-refractivity contribution in [3.05, 3.63) is 94.3 Å². The van der Waals surface area contributed by atoms with Crippen molar-refractivity contribution < 1.29 is 13.9 Å². The first kappa shape index (κ1) is 21.2. The van der Waals surface area contributed by atoms with E-state index in [2.05, 4.69) is 24.4 Å². The molecule has 0 bridgehead atoms. The van der Waals surface area contributed by atoms with Crippen molar-refractivity contribution >= 4 is 11.6 Å². The molecule has 0 aliphatic rings. The molecule has 0 aromatic heterocycles. The summed E-state index contributed by atoms with van der Waals surface area (Å²) in [5.41, 5.74) is 2.64. The van der Waals surface area contributed by atoms with Crippen LogP contribution in [0.15, 0.2) is 66.7 Å². The minimum absolute atomic E-state index is 0.0359. The minimum atomic E-state index is -0.383. The maximum absolute atomic E-state index is 14.0. The van der Waals surface area contributed by atoms with Crippen LogP contribution in [0.2, 0.25) is 5.02 Å². The zero-order chi connectivity index (χ0) is 20.6. The zero-order valence-corrected chi connectivity index (χ0v) is 17.4. The van der Waals surface area contributed by atoms with Gasteiger partial charge in [0.2, 0.25) is 0 Å². The Morgan fingerprint density at radius 2 is 1.76 bits per heavy atom. The first-order valence-electron chi connectivity index (χ1n) is 9.68. The van der Waals surface area contributed by atoms with Gasteiger partial charge in [-0.05, 0) is 49.2 Å². The van der Waals surface area contributed by atoms with E-state index in [1.54, 1.807) is 12.1 Å². The molecule has 3 nitrogen and oxygen atoms in total. The highest BCUT2D eigenvalue weighted by atomic mass is 35.5. The van der Waals surface area contributed by atoms with Gasteiger partial charge in [0.25, 0.3) is 0 Å². The van der Waals surface area contributed by atoms with Gasteiger partial charge in [0.15, 0.2) is 11.5 Å². The summed E-state index contributed by atoms with van der Waals surface area (Å²) in [5.74, 6) is 0.809. The predicted molar refractivity (Wildman–Crippen MR) is 115 cm³/mol. The quantitative estimate of drug-likeness (QED) is 0.446. The van der Waals surface area contributed by atoms with Gasteiger partial charge in [-0.25, -0.2) is 4.39 Å². The topological polar surface area (TPSA) is 30.5 Å². The predicted octanol–water partition coefficient (Wildman–Crippen LogP) is 6.31. The molecule has 1 N–H and O–H groups in total. The molecular formula is C24H25ClFNO2. The van der Waals surface area contributed by atoms with E-state index in [1.807, 2.05) is 43.3 Å². The Hall–Kier alpha value is -2.56. The number of rotatable bonds is 9. The second-order valence-corrected chi connectivity index (χ2v) is 7.12. The SMILES string of the molecule is CCOc1cc(CN[C@@H](C)c2ccccc2)ccc1OCc1c(F)cccc1Cl. The molecule has 0 saturated heterocycles. The highest BCUT2D eigenvalue weighted by Gasteiger charge is 2.12. The summed E-state index contributed by atoms with van der Waals surface area (Å²) in [4.78, 5) is 0. The van der Waals surface area contributed by atoms with Crippen LogP contribution in [0.3, 0.4) is 0 Å². The van der Waals surface area contributed by atoms with Crippen LogP contribution < -0.4 is 14.8 Å². The molecule has 0 aliphatic carbocycles. The monoisotopic (exact) mass is 413 g/mol. The summed E-state index contributed by atoms with van der Waals surface area (Å²) >= 11 is 6.08. The van der Waals surface area contributed by atoms with Crippen molar-refractivity contribution in [1.82, 2.24) is 5.32 Å². The van der Waals surface area contributed by atoms with E-state index in [0.29, 0.717) is 35.2 Å². The van der Waals surface area contributed by atoms with Crippen LogP contribution in [0.1, 0.15) is 36.6 Å². The van der Waals surface area contributed by atoms with Gasteiger partial charge in [-0.1, -0.05) is 54.1 Å². The summed E-state index contributed by atoms with van der Waals surface area (Å²) in [5, 5.41) is 3.86. The Morgan fingerprint density at radius 1 is 0.966 bits per heavy atom. The van der Waals surface area contributed by atoms with Gasteiger partial charge >= 0.3 is 0 Å². The summed E-state index contributed by atoms with van der Waals surface area (Å²) in [6, 6.07) is 20.9. The third kappa shape index (κ3) is 5.72. The maximum Gasteiger partial charge on any atom is 0.161 e. The lowest BCUT2D eigenvalue weighted by Crippen LogP contribution is -2.18. The summed E-state index contributed by atoms with van der Waals surface area (Å²) < 4.78 is 25.5. The lowest BCUT2D eigenvalue weighted by molar-refractivity contribution is 0.265. The Bertz CT molecular complexity index is 913. The molecule has 3 rings (SSSR count). The molecule has 0 heterocycles. The third-order valence-corrected chi connectivity index (χ3v) is 5.01. The molecule has 0 spiro atoms. The Balaban J connectivity index is 1.68. The smallest absolute Gasteiger partial charge is 0.161 e. The minimum Gasteiger partial charge on any atom is -0.490 e. The first-order valence-corrected chi connectivity index (χ1v) is 10.1. The summed E-state index contributed by atoms with van der Waals surface area (Å²) in [6.07, 6.45) is 0. The van der Waals surface area contributed by atoms with Crippen LogP contribution in [0, 0.1) is 5.82 Å². The molecule has 5 heteroatoms. The zero-order valence-electron chi connectivity index (χ0n) is 16.6. The van der Waals surface area contributed by atoms with Crippen molar-refractivity contribution in [3.8, 4) is 11.5 Å². The van der Waals surface area contributed by atoms with Crippen LogP contribution in [0.4, 0.5) is 4.39 Å². The van der Waals surface area contributed by atoms with Crippen LogP contribution >= 0.6 is 11.6 Å². The largest absolute Gasteiger partial charge is 0.490 e. The normalized spacial score (nSPS) is 11.9. The van der Waals surface area contributed by atoms with Crippen LogP contribution in [-0.4, -0.2) is 6.61 Å². The average molecular weight is 414 g/mol. The van der Waals surface area contributed by atoms with Gasteiger partial charge in [-0.3, -0.25) is 0 Å². The van der Waals surface area contributed by atoms with Gasteiger partial charge in [0.1, 0.15) is 12.4 Å². The van der Waals surface area contributed by atoms with E-state index in [-0.39, 0.29) is 18.5 Å². The van der Waals surface area contributed by atoms with Crippen molar-refractivity contribution in [2.24, 2.45) is 0 Å². The standard InChI is InChI=1S/C24H25ClFNO2/c1-3-28-24-14-18(15-27-17(2)19-8-5-4-6-9-19)12-13-23(24)29-16-20-21(25)10-7-11-22(20)26/h4-14,17,27H,3,15-16H2,1-2H3/t17-/m0/s1. The molecule has 1 atom stereocenters. The molecule has 0 aliphatic heterocycles. The summed E-state index contributed by atoms with van der Waals surface area (Å²) in [6.45, 7) is 5.28. The summed E-state index contributed by atoms with van der Waals surface area (Å²) in [7, 11) is 0. The number of nitrogens with one attached hydrogen (secondary N) is 1. The van der Waals surface area contributed by atoms with Crippen molar-refractivity contribution in [2.45, 2.75) is 33.0 Å². The van der Waals surface area contributed by atoms with Gasteiger partial charge in [0.05, 0.1) is 11.6 Å². The fraction of sp³-hybridized carbons (Fsp3) is 0.250. The second kappa shape index (κ2) is 10.3. The van der Waals surface area contributed by atoms with Crippen molar-refractivity contribution in [1.29, 1.82) is 0 Å². The second-order valence-electron chi connectivity index (χ2n) is 6.72. The molecule has 3 aromatic rings. The molecule has 0 saturated carbocycles. The van der Waals surface area contributed by atoms with E-state index < -0.39 is 0 Å². The molecule has 0 fully saturated rings. The number of benzene rings is 3. The molecule has 0 radical (unpaired) electrons. The number of hydrogen-bond donors (Lipinski definition) is 1. The third-order valence-electron chi connectivity index (χ3n) is 4.65. The number of halogens is 2. The van der Waals surface area contributed by atoms with E-state index in [1.165, 1.54) is 11.6 Å². The van der Waals surface area contributed by atoms with Crippen LogP contribution in [-0.2, 0) is 13.2 Å². The lowest BCUT2D eigenvalue weighted by Gasteiger charge is -2.17. The molecule has 0 amide bonds. The Kier molecular flexibility index (Phi) is 7.50. The van der Waals surface area contributed by atoms with E-state index in [4.69, 9.17) is 21.1 Å². The molecule has 0 unspecified atom stereocenters. The molecule has 29 heavy (non-hydrogen) atoms. The van der Waals surface area contributed by atoms with Gasteiger partial charge in [-0.2, -0.15) is 0 Å². The Morgan fingerprint density at radius 3 is 2.48 bits per heavy atom. The number of hydrogen-bond acceptors (Lipinski definition) is 3. The van der Waals surface area contributed by atoms with E-state index in [0.717, 1.165) is 5.56 Å². The van der Waals surface area contributed by atoms with E-state index in [9.17, 15) is 4.39 Å². The van der Waals surface area contributed by atoms with Crippen LogP contribution in [0.25, 0.3) is 0 Å². The Labute approximate surface area is 176 Å². The van der Waals surface area contributed by atoms with Crippen molar-refractivity contribution in [3.63, 3.8) is 0 Å².